The number of imidazole rings is 2. The first kappa shape index (κ1) is 31.3. The van der Waals surface area contributed by atoms with Crippen LogP contribution in [-0.2, 0) is 17.6 Å². The van der Waals surface area contributed by atoms with Crippen molar-refractivity contribution < 1.29 is 28.8 Å². The second-order valence-electron chi connectivity index (χ2n) is 8.74. The number of carboxylic acids is 1. The molecule has 0 aliphatic heterocycles. The molecule has 2 aromatic heterocycles. The Morgan fingerprint density at radius 2 is 1.26 bits per heavy atom. The summed E-state index contributed by atoms with van der Waals surface area (Å²) in [6.45, 7) is 3.25. The quantitative estimate of drug-likeness (QED) is 0.250. The lowest BCUT2D eigenvalue weighted by Gasteiger charge is -2.06. The Bertz CT molecular complexity index is 1130. The molecule has 0 atom stereocenters. The molecule has 0 aliphatic carbocycles. The lowest BCUT2D eigenvalue weighted by atomic mass is 10.0. The van der Waals surface area contributed by atoms with E-state index in [1.54, 1.807) is 12.4 Å². The maximum Gasteiger partial charge on any atom is 0.430 e. The summed E-state index contributed by atoms with van der Waals surface area (Å²) < 4.78 is 31.5. The van der Waals surface area contributed by atoms with Gasteiger partial charge in [0.05, 0.1) is 6.54 Å². The van der Waals surface area contributed by atoms with E-state index in [1.807, 2.05) is 12.4 Å². The maximum atomic E-state index is 10.5. The van der Waals surface area contributed by atoms with E-state index >= 15 is 0 Å². The minimum atomic E-state index is -5.19. The highest BCUT2D eigenvalue weighted by atomic mass is 19.4. The average Bonchev–Trinajstić information content (AvgIpc) is 3.65. The smallest absolute Gasteiger partial charge is 0.430 e. The highest BCUT2D eigenvalue weighted by Gasteiger charge is 2.28. The number of rotatable bonds is 10. The molecule has 2 aromatic carbocycles. The van der Waals surface area contributed by atoms with Crippen molar-refractivity contribution in [3.05, 3.63) is 84.4 Å². The number of aryl methyl sites for hydroxylation is 2. The van der Waals surface area contributed by atoms with Gasteiger partial charge in [0, 0.05) is 35.9 Å². The minimum Gasteiger partial charge on any atom is -0.542 e. The van der Waals surface area contributed by atoms with E-state index in [2.05, 4.69) is 81.1 Å². The molecule has 0 amide bonds. The van der Waals surface area contributed by atoms with E-state index in [1.165, 1.54) is 54.4 Å². The normalized spacial score (nSPS) is 10.7. The molecule has 7 nitrogen and oxygen atoms in total. The fraction of sp³-hybridized carbons (Fsp3) is 0.345. The molecule has 2 heterocycles. The van der Waals surface area contributed by atoms with E-state index in [0.29, 0.717) is 0 Å². The summed E-state index contributed by atoms with van der Waals surface area (Å²) in [5, 5.41) is 8.78. The number of aliphatic carboxylic acids is 1. The van der Waals surface area contributed by atoms with Gasteiger partial charge < -0.3 is 25.6 Å². The van der Waals surface area contributed by atoms with Gasteiger partial charge in [0.15, 0.2) is 0 Å². The monoisotopic (exact) mass is 543 g/mol. The average molecular weight is 544 g/mol. The van der Waals surface area contributed by atoms with Crippen molar-refractivity contribution in [3.8, 4) is 22.8 Å². The van der Waals surface area contributed by atoms with Crippen LogP contribution in [0.3, 0.4) is 0 Å². The molecule has 0 radical (unpaired) electrons. The first-order valence-electron chi connectivity index (χ1n) is 13.0. The molecule has 0 saturated heterocycles. The number of unbranched alkanes of at least 4 members (excludes halogenated alkanes) is 3. The third kappa shape index (κ3) is 11.2. The lowest BCUT2D eigenvalue weighted by molar-refractivity contribution is -0.368. The van der Waals surface area contributed by atoms with Gasteiger partial charge in [0.25, 0.3) is 0 Å². The Hall–Kier alpha value is -3.92. The summed E-state index contributed by atoms with van der Waals surface area (Å²) >= 11 is 0. The third-order valence-electron chi connectivity index (χ3n) is 5.77. The Morgan fingerprint density at radius 1 is 0.821 bits per heavy atom. The summed E-state index contributed by atoms with van der Waals surface area (Å²) in [7, 11) is 0. The Kier molecular flexibility index (Phi) is 13.5. The van der Waals surface area contributed by atoms with Crippen LogP contribution in [0.2, 0.25) is 0 Å². The Balaban J connectivity index is 0.000000222. The standard InChI is InChI=1S/C14H18N2.C13H17N3.C2HF3O2/c1-2-3-4-7-12-8-5-6-9-13(12)14-15-10-11-16-14;14-8-4-3-6-11-5-1-2-7-12(11)13-15-9-10-16-13;3-2(4,5)1(6)7/h5-6,8-11H,2-4,7H2,1H3,(H,15,16);1-2,5,7,9-10H,3-4,6,8,14H2,(H,15,16);(H,6,7). The molecule has 4 aromatic rings. The van der Waals surface area contributed by atoms with Gasteiger partial charge >= 0.3 is 6.18 Å². The van der Waals surface area contributed by atoms with Crippen molar-refractivity contribution in [3.63, 3.8) is 0 Å². The number of hydrogen-bond donors (Lipinski definition) is 3. The van der Waals surface area contributed by atoms with Gasteiger partial charge in [-0.25, -0.2) is 9.97 Å². The van der Waals surface area contributed by atoms with Crippen molar-refractivity contribution >= 4 is 5.97 Å². The predicted molar refractivity (Wildman–Crippen MR) is 143 cm³/mol. The number of carbonyl (C=O) groups is 1. The molecular formula is C29H36F3N5O2. The molecule has 0 unspecified atom stereocenters. The topological polar surface area (TPSA) is 125 Å². The van der Waals surface area contributed by atoms with E-state index in [4.69, 9.17) is 9.90 Å². The van der Waals surface area contributed by atoms with Crippen molar-refractivity contribution in [1.82, 2.24) is 19.9 Å². The number of carboxylic acid groups (broad SMARTS) is 1. The molecule has 210 valence electrons. The molecule has 10 heteroatoms. The van der Waals surface area contributed by atoms with Crippen LogP contribution >= 0.6 is 0 Å². The second-order valence-corrected chi connectivity index (χ2v) is 8.74. The highest BCUT2D eigenvalue weighted by Crippen LogP contribution is 2.22. The molecule has 5 N–H and O–H groups in total. The summed E-state index contributed by atoms with van der Waals surface area (Å²) in [6, 6.07) is 17.0. The van der Waals surface area contributed by atoms with Crippen LogP contribution < -0.4 is 10.8 Å². The van der Waals surface area contributed by atoms with E-state index in [0.717, 1.165) is 31.0 Å². The molecule has 0 bridgehead atoms. The van der Waals surface area contributed by atoms with Crippen LogP contribution in [0.4, 0.5) is 13.2 Å². The van der Waals surface area contributed by atoms with Crippen LogP contribution in [0, 0.1) is 0 Å². The number of quaternary nitrogens is 1. The van der Waals surface area contributed by atoms with Gasteiger partial charge in [-0.15, -0.1) is 0 Å². The zero-order valence-electron chi connectivity index (χ0n) is 22.1. The molecule has 39 heavy (non-hydrogen) atoms. The van der Waals surface area contributed by atoms with Gasteiger partial charge in [-0.3, -0.25) is 0 Å². The SMILES string of the molecule is CCCCCc1ccccc1-c1ncc[nH]1.O=C([O-])C(F)(F)F.[NH3+]CCCCc1ccccc1-c1ncc[nH]1. The van der Waals surface area contributed by atoms with E-state index in [-0.39, 0.29) is 0 Å². The predicted octanol–water partition coefficient (Wildman–Crippen LogP) is 4.75. The first-order chi connectivity index (χ1) is 18.8. The molecule has 0 fully saturated rings. The molecular weight excluding hydrogens is 507 g/mol. The third-order valence-corrected chi connectivity index (χ3v) is 5.77. The molecule has 0 aliphatic rings. The fourth-order valence-electron chi connectivity index (χ4n) is 3.82. The fourth-order valence-corrected chi connectivity index (χ4v) is 3.82. The van der Waals surface area contributed by atoms with Crippen LogP contribution in [0.15, 0.2) is 73.3 Å². The molecule has 4 rings (SSSR count). The number of carbonyl (C=O) groups excluding carboxylic acids is 1. The summed E-state index contributed by atoms with van der Waals surface area (Å²) in [5.41, 5.74) is 9.09. The molecule has 0 spiro atoms. The first-order valence-corrected chi connectivity index (χ1v) is 13.0. The number of H-pyrrole nitrogens is 2. The number of alkyl halides is 3. The van der Waals surface area contributed by atoms with Gasteiger partial charge in [0.1, 0.15) is 17.6 Å². The summed E-state index contributed by atoms with van der Waals surface area (Å²) in [6.07, 6.45) is 10.6. The number of nitrogens with zero attached hydrogens (tertiary/aromatic N) is 2. The van der Waals surface area contributed by atoms with Crippen LogP contribution in [0.5, 0.6) is 0 Å². The van der Waals surface area contributed by atoms with Crippen molar-refractivity contribution in [1.29, 1.82) is 0 Å². The van der Waals surface area contributed by atoms with Crippen LogP contribution in [-0.4, -0.2) is 38.6 Å². The van der Waals surface area contributed by atoms with E-state index < -0.39 is 12.1 Å². The van der Waals surface area contributed by atoms with Crippen molar-refractivity contribution in [2.45, 2.75) is 58.0 Å². The number of halogens is 3. The maximum absolute atomic E-state index is 10.5. The number of benzene rings is 2. The van der Waals surface area contributed by atoms with Gasteiger partial charge in [-0.05, 0) is 43.2 Å². The molecule has 0 saturated carbocycles. The number of aromatic nitrogens is 4. The Labute approximate surface area is 226 Å². The van der Waals surface area contributed by atoms with Gasteiger partial charge in [-0.1, -0.05) is 68.3 Å². The Morgan fingerprint density at radius 3 is 1.62 bits per heavy atom. The van der Waals surface area contributed by atoms with Gasteiger partial charge in [-0.2, -0.15) is 13.2 Å². The van der Waals surface area contributed by atoms with Crippen molar-refractivity contribution in [2.24, 2.45) is 0 Å². The number of hydrogen-bond acceptors (Lipinski definition) is 4. The summed E-state index contributed by atoms with van der Waals surface area (Å²) in [5.74, 6) is -1.06. The largest absolute Gasteiger partial charge is 0.542 e. The lowest BCUT2D eigenvalue weighted by Crippen LogP contribution is -2.50. The zero-order valence-corrected chi connectivity index (χ0v) is 22.1. The summed E-state index contributed by atoms with van der Waals surface area (Å²) in [4.78, 5) is 23.7. The second kappa shape index (κ2) is 16.8. The van der Waals surface area contributed by atoms with E-state index in [9.17, 15) is 13.2 Å². The number of aromatic amines is 2. The van der Waals surface area contributed by atoms with Gasteiger partial charge in [0.2, 0.25) is 0 Å². The van der Waals surface area contributed by atoms with Crippen molar-refractivity contribution in [2.75, 3.05) is 6.54 Å². The van der Waals surface area contributed by atoms with Crippen LogP contribution in [0.25, 0.3) is 22.8 Å². The minimum absolute atomic E-state index is 0.963. The van der Waals surface area contributed by atoms with Crippen LogP contribution in [0.1, 0.15) is 50.2 Å². The highest BCUT2D eigenvalue weighted by molar-refractivity contribution is 5.70. The zero-order chi connectivity index (χ0) is 28.5. The number of nitrogens with one attached hydrogen (secondary N) is 2.